The van der Waals surface area contributed by atoms with Gasteiger partial charge in [-0.2, -0.15) is 0 Å². The van der Waals surface area contributed by atoms with E-state index in [0.29, 0.717) is 5.56 Å². The Hall–Kier alpha value is -3.21. The summed E-state index contributed by atoms with van der Waals surface area (Å²) in [4.78, 5) is 23.8. The molecule has 0 aliphatic carbocycles. The molecule has 1 fully saturated rings. The van der Waals surface area contributed by atoms with E-state index in [1.165, 1.54) is 0 Å². The Bertz CT molecular complexity index is 959. The maximum atomic E-state index is 12.9. The molecule has 1 saturated heterocycles. The molecule has 1 aliphatic heterocycles. The van der Waals surface area contributed by atoms with E-state index in [2.05, 4.69) is 11.1 Å². The summed E-state index contributed by atoms with van der Waals surface area (Å²) in [6.45, 7) is 0.750. The van der Waals surface area contributed by atoms with Crippen molar-refractivity contribution in [2.45, 2.75) is 25.3 Å². The number of aromatic nitrogens is 2. The van der Waals surface area contributed by atoms with Gasteiger partial charge in [-0.05, 0) is 54.8 Å². The average molecular weight is 373 g/mol. The van der Waals surface area contributed by atoms with E-state index < -0.39 is 0 Å². The van der Waals surface area contributed by atoms with Crippen molar-refractivity contribution in [3.63, 3.8) is 0 Å². The number of ether oxygens (including phenoxy) is 1. The lowest BCUT2D eigenvalue weighted by molar-refractivity contribution is 0.0732. The van der Waals surface area contributed by atoms with E-state index in [9.17, 15) is 4.79 Å². The fourth-order valence-electron chi connectivity index (χ4n) is 3.75. The molecular weight excluding hydrogens is 350 g/mol. The molecule has 0 bridgehead atoms. The summed E-state index contributed by atoms with van der Waals surface area (Å²) in [6.07, 6.45) is 5.96. The molecule has 0 saturated carbocycles. The van der Waals surface area contributed by atoms with E-state index in [4.69, 9.17) is 9.72 Å². The van der Waals surface area contributed by atoms with Gasteiger partial charge in [0.05, 0.1) is 24.4 Å². The van der Waals surface area contributed by atoms with Crippen LogP contribution in [0.25, 0.3) is 0 Å². The predicted molar refractivity (Wildman–Crippen MR) is 107 cm³/mol. The van der Waals surface area contributed by atoms with E-state index in [1.807, 2.05) is 47.4 Å². The van der Waals surface area contributed by atoms with Gasteiger partial charge in [0.25, 0.3) is 5.91 Å². The molecule has 2 aromatic heterocycles. The smallest absolute Gasteiger partial charge is 0.255 e. The third-order valence-corrected chi connectivity index (χ3v) is 5.11. The number of hydrogen-bond acceptors (Lipinski definition) is 4. The molecule has 0 radical (unpaired) electrons. The largest absolute Gasteiger partial charge is 0.497 e. The lowest BCUT2D eigenvalue weighted by atomic mass is 10.1. The van der Waals surface area contributed by atoms with Crippen LogP contribution < -0.4 is 4.74 Å². The molecule has 3 heterocycles. The van der Waals surface area contributed by atoms with Gasteiger partial charge in [-0.25, -0.2) is 0 Å². The predicted octanol–water partition coefficient (Wildman–Crippen LogP) is 4.05. The van der Waals surface area contributed by atoms with Crippen molar-refractivity contribution in [1.29, 1.82) is 0 Å². The van der Waals surface area contributed by atoms with Crippen molar-refractivity contribution in [2.24, 2.45) is 0 Å². The van der Waals surface area contributed by atoms with Gasteiger partial charge >= 0.3 is 0 Å². The standard InChI is InChI=1S/C23H23N3O2/c1-28-20-9-2-6-17(15-20)14-19-8-3-10-21(25-19)22-11-5-13-26(22)23(27)18-7-4-12-24-16-18/h2-4,6-10,12,15-16,22H,5,11,13-14H2,1H3. The molecule has 4 rings (SSSR count). The highest BCUT2D eigenvalue weighted by Gasteiger charge is 2.31. The Morgan fingerprint density at radius 2 is 2.07 bits per heavy atom. The Labute approximate surface area is 165 Å². The normalized spacial score (nSPS) is 16.2. The van der Waals surface area contributed by atoms with Gasteiger partial charge < -0.3 is 9.64 Å². The second-order valence-corrected chi connectivity index (χ2v) is 6.98. The summed E-state index contributed by atoms with van der Waals surface area (Å²) in [5.74, 6) is 0.869. The number of carbonyl (C=O) groups is 1. The number of methoxy groups -OCH3 is 1. The highest BCUT2D eigenvalue weighted by molar-refractivity contribution is 5.94. The van der Waals surface area contributed by atoms with Crippen LogP contribution in [0, 0.1) is 0 Å². The summed E-state index contributed by atoms with van der Waals surface area (Å²) >= 11 is 0. The van der Waals surface area contributed by atoms with Gasteiger partial charge in [0.1, 0.15) is 5.75 Å². The van der Waals surface area contributed by atoms with Gasteiger partial charge in [0, 0.05) is 31.1 Å². The monoisotopic (exact) mass is 373 g/mol. The van der Waals surface area contributed by atoms with Crippen LogP contribution in [0.3, 0.4) is 0 Å². The Morgan fingerprint density at radius 1 is 1.18 bits per heavy atom. The topological polar surface area (TPSA) is 55.3 Å². The van der Waals surface area contributed by atoms with Crippen LogP contribution in [0.2, 0.25) is 0 Å². The number of carbonyl (C=O) groups excluding carboxylic acids is 1. The first-order chi connectivity index (χ1) is 13.7. The lowest BCUT2D eigenvalue weighted by Crippen LogP contribution is -2.31. The molecule has 1 amide bonds. The van der Waals surface area contributed by atoms with Crippen LogP contribution >= 0.6 is 0 Å². The van der Waals surface area contributed by atoms with Crippen molar-refractivity contribution in [3.8, 4) is 5.75 Å². The first kappa shape index (κ1) is 18.2. The zero-order valence-electron chi connectivity index (χ0n) is 15.9. The molecule has 3 aromatic rings. The molecule has 5 nitrogen and oxygen atoms in total. The van der Waals surface area contributed by atoms with Crippen LogP contribution in [0.4, 0.5) is 0 Å². The SMILES string of the molecule is COc1cccc(Cc2cccc(C3CCCN3C(=O)c3cccnc3)n2)c1. The second kappa shape index (κ2) is 8.21. The Balaban J connectivity index is 1.55. The first-order valence-corrected chi connectivity index (χ1v) is 9.54. The van der Waals surface area contributed by atoms with Gasteiger partial charge in [-0.1, -0.05) is 18.2 Å². The molecule has 1 aliphatic rings. The van der Waals surface area contributed by atoms with Gasteiger partial charge in [-0.15, -0.1) is 0 Å². The van der Waals surface area contributed by atoms with Crippen LogP contribution in [-0.4, -0.2) is 34.4 Å². The molecule has 1 atom stereocenters. The van der Waals surface area contributed by atoms with Crippen molar-refractivity contribution >= 4 is 5.91 Å². The first-order valence-electron chi connectivity index (χ1n) is 9.54. The second-order valence-electron chi connectivity index (χ2n) is 6.98. The third-order valence-electron chi connectivity index (χ3n) is 5.11. The summed E-state index contributed by atoms with van der Waals surface area (Å²) in [6, 6.07) is 17.7. The third kappa shape index (κ3) is 3.88. The van der Waals surface area contributed by atoms with E-state index in [1.54, 1.807) is 25.6 Å². The van der Waals surface area contributed by atoms with Gasteiger partial charge in [-0.3, -0.25) is 14.8 Å². The molecule has 0 N–H and O–H groups in total. The van der Waals surface area contributed by atoms with Crippen LogP contribution in [-0.2, 0) is 6.42 Å². The molecule has 28 heavy (non-hydrogen) atoms. The molecule has 142 valence electrons. The fourth-order valence-corrected chi connectivity index (χ4v) is 3.75. The number of pyridine rings is 2. The fraction of sp³-hybridized carbons (Fsp3) is 0.261. The minimum absolute atomic E-state index is 0.0120. The summed E-state index contributed by atoms with van der Waals surface area (Å²) < 4.78 is 5.31. The van der Waals surface area contributed by atoms with Gasteiger partial charge in [0.15, 0.2) is 0 Å². The van der Waals surface area contributed by atoms with Gasteiger partial charge in [0.2, 0.25) is 0 Å². The zero-order chi connectivity index (χ0) is 19.3. The van der Waals surface area contributed by atoms with E-state index in [0.717, 1.165) is 48.5 Å². The van der Waals surface area contributed by atoms with Crippen molar-refractivity contribution < 1.29 is 9.53 Å². The molecule has 0 spiro atoms. The number of likely N-dealkylation sites (tertiary alicyclic amines) is 1. The van der Waals surface area contributed by atoms with Crippen LogP contribution in [0.1, 0.15) is 46.2 Å². The average Bonchev–Trinajstić information content (AvgIpc) is 3.24. The highest BCUT2D eigenvalue weighted by atomic mass is 16.5. The highest BCUT2D eigenvalue weighted by Crippen LogP contribution is 2.32. The van der Waals surface area contributed by atoms with Crippen LogP contribution in [0.15, 0.2) is 67.0 Å². The maximum Gasteiger partial charge on any atom is 0.255 e. The molecule has 1 unspecified atom stereocenters. The molecule has 5 heteroatoms. The van der Waals surface area contributed by atoms with Crippen molar-refractivity contribution in [1.82, 2.24) is 14.9 Å². The minimum atomic E-state index is 0.0120. The number of amides is 1. The quantitative estimate of drug-likeness (QED) is 0.677. The summed E-state index contributed by atoms with van der Waals surface area (Å²) in [7, 11) is 1.67. The summed E-state index contributed by atoms with van der Waals surface area (Å²) in [5, 5.41) is 0. The lowest BCUT2D eigenvalue weighted by Gasteiger charge is -2.24. The number of nitrogens with zero attached hydrogens (tertiary/aromatic N) is 3. The summed E-state index contributed by atoms with van der Waals surface area (Å²) in [5.41, 5.74) is 3.72. The Morgan fingerprint density at radius 3 is 2.89 bits per heavy atom. The number of rotatable bonds is 5. The zero-order valence-corrected chi connectivity index (χ0v) is 15.9. The maximum absolute atomic E-state index is 12.9. The van der Waals surface area contributed by atoms with E-state index in [-0.39, 0.29) is 11.9 Å². The number of benzene rings is 1. The molecule has 1 aromatic carbocycles. The van der Waals surface area contributed by atoms with E-state index >= 15 is 0 Å². The van der Waals surface area contributed by atoms with Crippen molar-refractivity contribution in [3.05, 3.63) is 89.5 Å². The minimum Gasteiger partial charge on any atom is -0.497 e. The molecular formula is C23H23N3O2. The number of hydrogen-bond donors (Lipinski definition) is 0. The Kier molecular flexibility index (Phi) is 5.33. The van der Waals surface area contributed by atoms with Crippen molar-refractivity contribution in [2.75, 3.05) is 13.7 Å². The van der Waals surface area contributed by atoms with Crippen LogP contribution in [0.5, 0.6) is 5.75 Å².